The van der Waals surface area contributed by atoms with Crippen molar-refractivity contribution in [3.63, 3.8) is 0 Å². The van der Waals surface area contributed by atoms with Gasteiger partial charge in [-0.15, -0.1) is 0 Å². The number of carbonyl (C=O) groups excluding carboxylic acids is 1. The predicted octanol–water partition coefficient (Wildman–Crippen LogP) is 4.96. The van der Waals surface area contributed by atoms with Crippen LogP contribution in [0.25, 0.3) is 0 Å². The fraction of sp³-hybridized carbons (Fsp3) is 0.500. The molecule has 0 aromatic heterocycles. The van der Waals surface area contributed by atoms with Crippen molar-refractivity contribution >= 4 is 23.3 Å². The lowest BCUT2D eigenvalue weighted by atomic mass is 10.1. The van der Waals surface area contributed by atoms with Crippen molar-refractivity contribution in [1.82, 2.24) is 9.80 Å². The van der Waals surface area contributed by atoms with Crippen LogP contribution in [0.15, 0.2) is 41.2 Å². The third kappa shape index (κ3) is 5.33. The van der Waals surface area contributed by atoms with E-state index in [9.17, 15) is 4.79 Å². The normalized spacial score (nSPS) is 17.0. The number of allylic oxidation sites excluding steroid dienone is 1. The number of amidine groups is 1. The largest absolute Gasteiger partial charge is 0.333 e. The van der Waals surface area contributed by atoms with Gasteiger partial charge in [-0.2, -0.15) is 0 Å². The quantitative estimate of drug-likeness (QED) is 0.718. The van der Waals surface area contributed by atoms with Crippen LogP contribution in [0, 0.1) is 0 Å². The molecule has 0 unspecified atom stereocenters. The molecule has 1 aromatic carbocycles. The fourth-order valence-corrected chi connectivity index (χ4v) is 3.26. The Hall–Kier alpha value is -1.81. The van der Waals surface area contributed by atoms with Crippen LogP contribution in [0.3, 0.4) is 0 Å². The van der Waals surface area contributed by atoms with Crippen molar-refractivity contribution in [3.8, 4) is 0 Å². The number of aliphatic imine (C=N–C) groups is 1. The highest BCUT2D eigenvalue weighted by Gasteiger charge is 2.20. The minimum absolute atomic E-state index is 0.0118. The molecule has 0 bridgehead atoms. The Labute approximate surface area is 156 Å². The van der Waals surface area contributed by atoms with Gasteiger partial charge >= 0.3 is 0 Å². The van der Waals surface area contributed by atoms with Crippen LogP contribution < -0.4 is 0 Å². The zero-order valence-electron chi connectivity index (χ0n) is 15.5. The molecule has 0 saturated carbocycles. The summed E-state index contributed by atoms with van der Waals surface area (Å²) in [5.41, 5.74) is 1.68. The summed E-state index contributed by atoms with van der Waals surface area (Å²) < 4.78 is 0. The van der Waals surface area contributed by atoms with Crippen LogP contribution in [0.1, 0.15) is 56.3 Å². The Morgan fingerprint density at radius 3 is 2.88 bits per heavy atom. The van der Waals surface area contributed by atoms with Gasteiger partial charge in [-0.25, -0.2) is 0 Å². The monoisotopic (exact) mass is 361 g/mol. The average molecular weight is 362 g/mol. The third-order valence-corrected chi connectivity index (χ3v) is 4.69. The Bertz CT molecular complexity index is 654. The standard InChI is InChI=1S/C20H28ClN3O/c1-4-5-12-23(20(25)17-9-8-10-18(21)14-17)15-16(2)24-13-7-6-11-19(24)22-3/h8-10,14-15H,4-7,11-13H2,1-3H3/b16-15+,22-19?. The first-order chi connectivity index (χ1) is 12.1. The van der Waals surface area contributed by atoms with Crippen LogP contribution in [0.4, 0.5) is 0 Å². The van der Waals surface area contributed by atoms with Crippen LogP contribution in [0.2, 0.25) is 5.02 Å². The second-order valence-corrected chi connectivity index (χ2v) is 6.82. The molecule has 0 atom stereocenters. The number of likely N-dealkylation sites (tertiary alicyclic amines) is 1. The number of piperidine rings is 1. The van der Waals surface area contributed by atoms with Gasteiger partial charge in [-0.1, -0.05) is 31.0 Å². The van der Waals surface area contributed by atoms with Gasteiger partial charge in [0, 0.05) is 49.0 Å². The number of halogens is 1. The van der Waals surface area contributed by atoms with Crippen LogP contribution >= 0.6 is 11.6 Å². The molecule has 25 heavy (non-hydrogen) atoms. The molecule has 1 amide bonds. The molecule has 0 spiro atoms. The lowest BCUT2D eigenvalue weighted by molar-refractivity contribution is 0.0817. The smallest absolute Gasteiger partial charge is 0.257 e. The van der Waals surface area contributed by atoms with Crippen LogP contribution in [-0.4, -0.2) is 41.7 Å². The molecule has 2 rings (SSSR count). The number of unbranched alkanes of at least 4 members (excludes halogenated alkanes) is 1. The number of benzene rings is 1. The molecular weight excluding hydrogens is 334 g/mol. The van der Waals surface area contributed by atoms with E-state index in [1.165, 1.54) is 6.42 Å². The number of amides is 1. The van der Waals surface area contributed by atoms with Crippen molar-refractivity contribution in [1.29, 1.82) is 0 Å². The van der Waals surface area contributed by atoms with E-state index in [1.807, 2.05) is 30.3 Å². The average Bonchev–Trinajstić information content (AvgIpc) is 2.64. The van der Waals surface area contributed by atoms with E-state index in [0.717, 1.165) is 43.8 Å². The maximum atomic E-state index is 12.9. The molecule has 1 aromatic rings. The van der Waals surface area contributed by atoms with E-state index < -0.39 is 0 Å². The highest BCUT2D eigenvalue weighted by atomic mass is 35.5. The van der Waals surface area contributed by atoms with Gasteiger partial charge < -0.3 is 9.80 Å². The first kappa shape index (κ1) is 19.5. The van der Waals surface area contributed by atoms with E-state index >= 15 is 0 Å². The van der Waals surface area contributed by atoms with E-state index in [0.29, 0.717) is 17.1 Å². The third-order valence-electron chi connectivity index (χ3n) is 4.46. The van der Waals surface area contributed by atoms with Crippen molar-refractivity contribution in [2.75, 3.05) is 20.1 Å². The number of hydrogen-bond donors (Lipinski definition) is 0. The Balaban J connectivity index is 2.25. The molecule has 0 N–H and O–H groups in total. The number of hydrogen-bond acceptors (Lipinski definition) is 2. The first-order valence-corrected chi connectivity index (χ1v) is 9.42. The Kier molecular flexibility index (Phi) is 7.51. The molecule has 0 aliphatic carbocycles. The van der Waals surface area contributed by atoms with Crippen molar-refractivity contribution in [2.24, 2.45) is 4.99 Å². The molecule has 5 heteroatoms. The maximum Gasteiger partial charge on any atom is 0.257 e. The van der Waals surface area contributed by atoms with Gasteiger partial charge in [0.2, 0.25) is 0 Å². The SMILES string of the molecule is CCCCN(/C=C(\C)N1CCCCC1=NC)C(=O)c1cccc(Cl)c1. The summed E-state index contributed by atoms with van der Waals surface area (Å²) >= 11 is 6.05. The molecule has 1 heterocycles. The highest BCUT2D eigenvalue weighted by molar-refractivity contribution is 6.30. The number of nitrogens with zero attached hydrogens (tertiary/aromatic N) is 3. The zero-order chi connectivity index (χ0) is 18.2. The van der Waals surface area contributed by atoms with Crippen LogP contribution in [0.5, 0.6) is 0 Å². The highest BCUT2D eigenvalue weighted by Crippen LogP contribution is 2.19. The Morgan fingerprint density at radius 1 is 1.40 bits per heavy atom. The lowest BCUT2D eigenvalue weighted by Crippen LogP contribution is -2.36. The predicted molar refractivity (Wildman–Crippen MR) is 105 cm³/mol. The second-order valence-electron chi connectivity index (χ2n) is 6.38. The number of rotatable bonds is 6. The second kappa shape index (κ2) is 9.62. The minimum atomic E-state index is -0.0118. The summed E-state index contributed by atoms with van der Waals surface area (Å²) in [5, 5.41) is 0.582. The van der Waals surface area contributed by atoms with Gasteiger partial charge in [-0.05, 0) is 44.4 Å². The minimum Gasteiger partial charge on any atom is -0.333 e. The summed E-state index contributed by atoms with van der Waals surface area (Å²) in [7, 11) is 1.84. The summed E-state index contributed by atoms with van der Waals surface area (Å²) in [5.74, 6) is 1.09. The lowest BCUT2D eigenvalue weighted by Gasteiger charge is -2.32. The summed E-state index contributed by atoms with van der Waals surface area (Å²) in [6, 6.07) is 7.14. The summed E-state index contributed by atoms with van der Waals surface area (Å²) in [6.07, 6.45) is 7.30. The summed E-state index contributed by atoms with van der Waals surface area (Å²) in [4.78, 5) is 21.4. The van der Waals surface area contributed by atoms with Crippen molar-refractivity contribution in [3.05, 3.63) is 46.7 Å². The van der Waals surface area contributed by atoms with E-state index in [4.69, 9.17) is 11.6 Å². The zero-order valence-corrected chi connectivity index (χ0v) is 16.2. The van der Waals surface area contributed by atoms with Gasteiger partial charge in [0.25, 0.3) is 5.91 Å². The molecule has 1 aliphatic rings. The molecule has 1 aliphatic heterocycles. The topological polar surface area (TPSA) is 35.9 Å². The van der Waals surface area contributed by atoms with E-state index in [1.54, 1.807) is 12.1 Å². The van der Waals surface area contributed by atoms with E-state index in [2.05, 4.69) is 23.7 Å². The first-order valence-electron chi connectivity index (χ1n) is 9.05. The number of carbonyl (C=O) groups is 1. The van der Waals surface area contributed by atoms with Gasteiger partial charge in [-0.3, -0.25) is 9.79 Å². The molecule has 4 nitrogen and oxygen atoms in total. The maximum absolute atomic E-state index is 12.9. The van der Waals surface area contributed by atoms with Gasteiger partial charge in [0.15, 0.2) is 0 Å². The van der Waals surface area contributed by atoms with Gasteiger partial charge in [0.1, 0.15) is 5.84 Å². The molecule has 136 valence electrons. The summed E-state index contributed by atoms with van der Waals surface area (Å²) in [6.45, 7) is 5.85. The molecular formula is C20H28ClN3O. The van der Waals surface area contributed by atoms with Crippen LogP contribution in [-0.2, 0) is 0 Å². The molecule has 1 saturated heterocycles. The fourth-order valence-electron chi connectivity index (χ4n) is 3.07. The molecule has 0 radical (unpaired) electrons. The van der Waals surface area contributed by atoms with Gasteiger partial charge in [0.05, 0.1) is 0 Å². The van der Waals surface area contributed by atoms with Crippen molar-refractivity contribution in [2.45, 2.75) is 46.0 Å². The van der Waals surface area contributed by atoms with E-state index in [-0.39, 0.29) is 5.91 Å². The van der Waals surface area contributed by atoms with Crippen molar-refractivity contribution < 1.29 is 4.79 Å². The Morgan fingerprint density at radius 2 is 2.20 bits per heavy atom. The molecule has 1 fully saturated rings.